The first kappa shape index (κ1) is 13.9. The van der Waals surface area contributed by atoms with E-state index in [0.29, 0.717) is 12.2 Å². The molecule has 0 spiro atoms. The number of nitrogens with one attached hydrogen (secondary N) is 1. The van der Waals surface area contributed by atoms with Crippen molar-refractivity contribution in [2.24, 2.45) is 0 Å². The van der Waals surface area contributed by atoms with Gasteiger partial charge in [-0.1, -0.05) is 12.1 Å². The van der Waals surface area contributed by atoms with Gasteiger partial charge in [0.05, 0.1) is 29.2 Å². The summed E-state index contributed by atoms with van der Waals surface area (Å²) >= 11 is 0. The smallest absolute Gasteiger partial charge is 0.142 e. The van der Waals surface area contributed by atoms with E-state index in [1.165, 1.54) is 0 Å². The molecule has 0 radical (unpaired) electrons. The lowest BCUT2D eigenvalue weighted by Gasteiger charge is -2.14. The summed E-state index contributed by atoms with van der Waals surface area (Å²) in [4.78, 5) is 4.31. The van der Waals surface area contributed by atoms with Crippen LogP contribution in [-0.4, -0.2) is 11.6 Å². The van der Waals surface area contributed by atoms with E-state index in [0.717, 1.165) is 28.5 Å². The first-order chi connectivity index (χ1) is 9.65. The molecule has 4 heteroatoms. The van der Waals surface area contributed by atoms with Crippen molar-refractivity contribution in [1.29, 1.82) is 5.26 Å². The van der Waals surface area contributed by atoms with Gasteiger partial charge in [0, 0.05) is 5.69 Å². The SMILES string of the molecule is CCOc1ccccc1Nc1cc(C)nc(C)c1C#N. The quantitative estimate of drug-likeness (QED) is 0.917. The first-order valence-electron chi connectivity index (χ1n) is 6.53. The molecule has 0 aliphatic carbocycles. The molecule has 20 heavy (non-hydrogen) atoms. The molecule has 1 aromatic heterocycles. The van der Waals surface area contributed by atoms with Gasteiger partial charge in [-0.05, 0) is 39.0 Å². The third kappa shape index (κ3) is 2.89. The third-order valence-electron chi connectivity index (χ3n) is 2.90. The van der Waals surface area contributed by atoms with Gasteiger partial charge >= 0.3 is 0 Å². The molecule has 2 aromatic rings. The summed E-state index contributed by atoms with van der Waals surface area (Å²) in [6.07, 6.45) is 0. The third-order valence-corrected chi connectivity index (χ3v) is 2.90. The van der Waals surface area contributed by atoms with Gasteiger partial charge in [-0.3, -0.25) is 4.98 Å². The predicted molar refractivity (Wildman–Crippen MR) is 79.3 cm³/mol. The molecule has 2 rings (SSSR count). The first-order valence-corrected chi connectivity index (χ1v) is 6.53. The highest BCUT2D eigenvalue weighted by Crippen LogP contribution is 2.29. The lowest BCUT2D eigenvalue weighted by molar-refractivity contribution is 0.342. The van der Waals surface area contributed by atoms with Crippen LogP contribution in [0.2, 0.25) is 0 Å². The molecular weight excluding hydrogens is 250 g/mol. The van der Waals surface area contributed by atoms with Crippen molar-refractivity contribution in [3.8, 4) is 11.8 Å². The molecule has 0 amide bonds. The minimum absolute atomic E-state index is 0.557. The molecular formula is C16H17N3O. The zero-order valence-corrected chi connectivity index (χ0v) is 11.9. The fourth-order valence-corrected chi connectivity index (χ4v) is 2.06. The van der Waals surface area contributed by atoms with Crippen LogP contribution in [-0.2, 0) is 0 Å². The minimum Gasteiger partial charge on any atom is -0.492 e. The zero-order valence-electron chi connectivity index (χ0n) is 11.9. The van der Waals surface area contributed by atoms with Crippen molar-refractivity contribution in [2.75, 3.05) is 11.9 Å². The molecule has 0 saturated heterocycles. The summed E-state index contributed by atoms with van der Waals surface area (Å²) in [7, 11) is 0. The summed E-state index contributed by atoms with van der Waals surface area (Å²) in [5.41, 5.74) is 3.75. The number of benzene rings is 1. The van der Waals surface area contributed by atoms with Crippen LogP contribution in [0.5, 0.6) is 5.75 Å². The van der Waals surface area contributed by atoms with Gasteiger partial charge in [-0.25, -0.2) is 0 Å². The number of pyridine rings is 1. The number of hydrogen-bond acceptors (Lipinski definition) is 4. The molecule has 0 aliphatic heterocycles. The molecule has 0 bridgehead atoms. The maximum Gasteiger partial charge on any atom is 0.142 e. The molecule has 0 aliphatic rings. The standard InChI is InChI=1S/C16H17N3O/c1-4-20-16-8-6-5-7-14(16)19-15-9-11(2)18-12(3)13(15)10-17/h5-9H,4H2,1-3H3,(H,18,19). The molecule has 0 saturated carbocycles. The normalized spacial score (nSPS) is 9.90. The largest absolute Gasteiger partial charge is 0.492 e. The Kier molecular flexibility index (Phi) is 4.21. The van der Waals surface area contributed by atoms with Crippen molar-refractivity contribution in [3.63, 3.8) is 0 Å². The number of rotatable bonds is 4. The van der Waals surface area contributed by atoms with Gasteiger partial charge in [0.2, 0.25) is 0 Å². The van der Waals surface area contributed by atoms with Crippen molar-refractivity contribution < 1.29 is 4.74 Å². The van der Waals surface area contributed by atoms with Crippen LogP contribution in [0.4, 0.5) is 11.4 Å². The molecule has 0 atom stereocenters. The van der Waals surface area contributed by atoms with Crippen LogP contribution >= 0.6 is 0 Å². The lowest BCUT2D eigenvalue weighted by Crippen LogP contribution is -2.02. The van der Waals surface area contributed by atoms with E-state index in [-0.39, 0.29) is 0 Å². The van der Waals surface area contributed by atoms with Crippen molar-refractivity contribution in [2.45, 2.75) is 20.8 Å². The number of aryl methyl sites for hydroxylation is 2. The average molecular weight is 267 g/mol. The van der Waals surface area contributed by atoms with E-state index in [4.69, 9.17) is 4.74 Å². The van der Waals surface area contributed by atoms with Crippen molar-refractivity contribution in [1.82, 2.24) is 4.98 Å². The van der Waals surface area contributed by atoms with Gasteiger partial charge < -0.3 is 10.1 Å². The Bertz CT molecular complexity index is 659. The second kappa shape index (κ2) is 6.07. The van der Waals surface area contributed by atoms with E-state index in [1.807, 2.05) is 51.1 Å². The van der Waals surface area contributed by atoms with E-state index >= 15 is 0 Å². The number of nitrogens with zero attached hydrogens (tertiary/aromatic N) is 2. The number of para-hydroxylation sites is 2. The second-order valence-corrected chi connectivity index (χ2v) is 4.44. The average Bonchev–Trinajstić information content (AvgIpc) is 2.41. The summed E-state index contributed by atoms with van der Waals surface area (Å²) < 4.78 is 5.58. The van der Waals surface area contributed by atoms with Crippen LogP contribution in [0.3, 0.4) is 0 Å². The number of aromatic nitrogens is 1. The predicted octanol–water partition coefficient (Wildman–Crippen LogP) is 3.71. The molecule has 102 valence electrons. The van der Waals surface area contributed by atoms with Crippen molar-refractivity contribution >= 4 is 11.4 Å². The number of ether oxygens (including phenoxy) is 1. The van der Waals surface area contributed by atoms with Gasteiger partial charge in [0.25, 0.3) is 0 Å². The molecule has 4 nitrogen and oxygen atoms in total. The van der Waals surface area contributed by atoms with Crippen LogP contribution in [0.1, 0.15) is 23.9 Å². The number of anilines is 2. The Morgan fingerprint density at radius 1 is 1.25 bits per heavy atom. The Morgan fingerprint density at radius 3 is 2.70 bits per heavy atom. The number of hydrogen-bond donors (Lipinski definition) is 1. The van der Waals surface area contributed by atoms with Crippen molar-refractivity contribution in [3.05, 3.63) is 47.3 Å². The lowest BCUT2D eigenvalue weighted by atomic mass is 10.1. The Labute approximate surface area is 119 Å². The summed E-state index contributed by atoms with van der Waals surface area (Å²) in [6, 6.07) is 11.7. The topological polar surface area (TPSA) is 57.9 Å². The van der Waals surface area contributed by atoms with Gasteiger partial charge in [-0.15, -0.1) is 0 Å². The van der Waals surface area contributed by atoms with E-state index in [2.05, 4.69) is 16.4 Å². The number of nitriles is 1. The fourth-order valence-electron chi connectivity index (χ4n) is 2.06. The van der Waals surface area contributed by atoms with Gasteiger partial charge in [0.1, 0.15) is 11.8 Å². The molecule has 1 aromatic carbocycles. The Hall–Kier alpha value is -2.54. The van der Waals surface area contributed by atoms with Gasteiger partial charge in [0.15, 0.2) is 0 Å². The van der Waals surface area contributed by atoms with E-state index in [9.17, 15) is 5.26 Å². The maximum atomic E-state index is 9.28. The summed E-state index contributed by atoms with van der Waals surface area (Å²) in [5.74, 6) is 0.769. The second-order valence-electron chi connectivity index (χ2n) is 4.44. The van der Waals surface area contributed by atoms with Crippen LogP contribution in [0.15, 0.2) is 30.3 Å². The maximum absolute atomic E-state index is 9.28. The molecule has 0 unspecified atom stereocenters. The Balaban J connectivity index is 2.43. The fraction of sp³-hybridized carbons (Fsp3) is 0.250. The summed E-state index contributed by atoms with van der Waals surface area (Å²) in [6.45, 7) is 6.29. The highest BCUT2D eigenvalue weighted by Gasteiger charge is 2.10. The molecule has 1 N–H and O–H groups in total. The molecule has 1 heterocycles. The van der Waals surface area contributed by atoms with E-state index in [1.54, 1.807) is 0 Å². The summed E-state index contributed by atoms with van der Waals surface area (Å²) in [5, 5.41) is 12.6. The minimum atomic E-state index is 0.557. The van der Waals surface area contributed by atoms with Crippen LogP contribution in [0.25, 0.3) is 0 Å². The van der Waals surface area contributed by atoms with Crippen LogP contribution in [0, 0.1) is 25.2 Å². The van der Waals surface area contributed by atoms with Crippen LogP contribution < -0.4 is 10.1 Å². The molecule has 0 fully saturated rings. The monoisotopic (exact) mass is 267 g/mol. The highest BCUT2D eigenvalue weighted by atomic mass is 16.5. The Morgan fingerprint density at radius 2 is 2.00 bits per heavy atom. The zero-order chi connectivity index (χ0) is 14.5. The highest BCUT2D eigenvalue weighted by molar-refractivity contribution is 5.71. The van der Waals surface area contributed by atoms with E-state index < -0.39 is 0 Å². The van der Waals surface area contributed by atoms with Gasteiger partial charge in [-0.2, -0.15) is 5.26 Å².